The first-order valence-electron chi connectivity index (χ1n) is 12.0. The Balaban J connectivity index is 1.64. The van der Waals surface area contributed by atoms with Crippen LogP contribution >= 0.6 is 11.8 Å². The fourth-order valence-electron chi connectivity index (χ4n) is 4.37. The number of fused-ring (bicyclic) bond motifs is 1. The molecule has 36 heavy (non-hydrogen) atoms. The van der Waals surface area contributed by atoms with Crippen molar-refractivity contribution >= 4 is 32.8 Å². The molecule has 1 fully saturated rings. The van der Waals surface area contributed by atoms with Crippen molar-refractivity contribution in [1.82, 2.24) is 13.9 Å². The second-order valence-corrected chi connectivity index (χ2v) is 11.9. The Morgan fingerprint density at radius 2 is 1.92 bits per heavy atom. The van der Waals surface area contributed by atoms with Crippen molar-refractivity contribution < 1.29 is 26.3 Å². The van der Waals surface area contributed by atoms with Crippen molar-refractivity contribution in [3.63, 3.8) is 0 Å². The number of nitrogens with zero attached hydrogens (tertiary/aromatic N) is 3. The number of rotatable bonds is 10. The van der Waals surface area contributed by atoms with Crippen molar-refractivity contribution in [1.29, 1.82) is 0 Å². The molecular formula is C25H30F3N3O3S2. The average molecular weight is 542 g/mol. The third-order valence-electron chi connectivity index (χ3n) is 6.26. The molecule has 6 nitrogen and oxygen atoms in total. The molecule has 0 aliphatic carbocycles. The number of aryl methyl sites for hydroxylation is 1. The topological polar surface area (TPSA) is 64.4 Å². The van der Waals surface area contributed by atoms with Crippen LogP contribution < -0.4 is 0 Å². The molecule has 1 aromatic heterocycles. The molecule has 2 heterocycles. The summed E-state index contributed by atoms with van der Waals surface area (Å²) in [6.45, 7) is 6.64. The van der Waals surface area contributed by atoms with Gasteiger partial charge in [0.25, 0.3) is 0 Å². The van der Waals surface area contributed by atoms with Gasteiger partial charge in [0.15, 0.2) is 16.8 Å². The SMILES string of the molecule is CCOCCCn1c(SCc2cc(F)c(F)cc2F)nc2cc(S(=O)(=O)N3CCC[C@H](C)C3)ccc21. The zero-order valence-electron chi connectivity index (χ0n) is 20.3. The lowest BCUT2D eigenvalue weighted by Gasteiger charge is -2.30. The molecule has 0 spiro atoms. The summed E-state index contributed by atoms with van der Waals surface area (Å²) in [5.41, 5.74) is 1.27. The Kier molecular flexibility index (Phi) is 8.64. The van der Waals surface area contributed by atoms with Gasteiger partial charge in [-0.1, -0.05) is 18.7 Å². The molecule has 1 aliphatic rings. The third kappa shape index (κ3) is 5.90. The maximum atomic E-state index is 14.2. The van der Waals surface area contributed by atoms with Gasteiger partial charge in [0.2, 0.25) is 10.0 Å². The van der Waals surface area contributed by atoms with Crippen LogP contribution in [0, 0.1) is 23.4 Å². The highest BCUT2D eigenvalue weighted by Crippen LogP contribution is 2.31. The van der Waals surface area contributed by atoms with Gasteiger partial charge >= 0.3 is 0 Å². The van der Waals surface area contributed by atoms with Crippen LogP contribution in [0.2, 0.25) is 0 Å². The van der Waals surface area contributed by atoms with E-state index in [0.29, 0.717) is 61.9 Å². The van der Waals surface area contributed by atoms with Gasteiger partial charge in [0.1, 0.15) is 5.82 Å². The average Bonchev–Trinajstić information content (AvgIpc) is 3.20. The second kappa shape index (κ2) is 11.5. The predicted molar refractivity (Wildman–Crippen MR) is 134 cm³/mol. The number of aromatic nitrogens is 2. The number of thioether (sulfide) groups is 1. The standard InChI is InChI=1S/C25H30F3N3O3S2/c1-3-34-11-5-10-31-24-8-7-19(36(32,33)30-9-4-6-17(2)15-30)13-23(24)29-25(31)35-16-18-12-21(27)22(28)14-20(18)26/h7-8,12-14,17H,3-6,9-11,15-16H2,1-2H3/t17-/m0/s1. The zero-order valence-corrected chi connectivity index (χ0v) is 22.0. The highest BCUT2D eigenvalue weighted by atomic mass is 32.2. The third-order valence-corrected chi connectivity index (χ3v) is 9.15. The van der Waals surface area contributed by atoms with Gasteiger partial charge in [0.05, 0.1) is 15.9 Å². The Morgan fingerprint density at radius 1 is 1.14 bits per heavy atom. The highest BCUT2D eigenvalue weighted by Gasteiger charge is 2.29. The van der Waals surface area contributed by atoms with E-state index in [0.717, 1.165) is 24.4 Å². The van der Waals surface area contributed by atoms with Gasteiger partial charge in [0, 0.05) is 50.2 Å². The highest BCUT2D eigenvalue weighted by molar-refractivity contribution is 7.98. The lowest BCUT2D eigenvalue weighted by atomic mass is 10.0. The zero-order chi connectivity index (χ0) is 25.9. The fraction of sp³-hybridized carbons (Fsp3) is 0.480. The molecule has 0 N–H and O–H groups in total. The number of hydrogen-bond acceptors (Lipinski definition) is 5. The Morgan fingerprint density at radius 3 is 2.67 bits per heavy atom. The summed E-state index contributed by atoms with van der Waals surface area (Å²) in [6, 6.07) is 6.30. The van der Waals surface area contributed by atoms with E-state index in [2.05, 4.69) is 4.98 Å². The molecule has 0 amide bonds. The van der Waals surface area contributed by atoms with Crippen LogP contribution in [0.25, 0.3) is 11.0 Å². The number of piperidine rings is 1. The Labute approximate surface area is 213 Å². The minimum absolute atomic E-state index is 0.0225. The summed E-state index contributed by atoms with van der Waals surface area (Å²) in [4.78, 5) is 4.83. The summed E-state index contributed by atoms with van der Waals surface area (Å²) in [7, 11) is -3.65. The van der Waals surface area contributed by atoms with Crippen LogP contribution in [0.5, 0.6) is 0 Å². The van der Waals surface area contributed by atoms with E-state index in [1.54, 1.807) is 18.2 Å². The number of ether oxygens (including phenoxy) is 1. The molecule has 2 aromatic carbocycles. The van der Waals surface area contributed by atoms with Gasteiger partial charge < -0.3 is 9.30 Å². The molecule has 0 radical (unpaired) electrons. The van der Waals surface area contributed by atoms with Crippen LogP contribution in [-0.2, 0) is 27.1 Å². The quantitative estimate of drug-likeness (QED) is 0.190. The number of hydrogen-bond donors (Lipinski definition) is 0. The maximum absolute atomic E-state index is 14.2. The number of imidazole rings is 1. The summed E-state index contributed by atoms with van der Waals surface area (Å²) in [5.74, 6) is -2.83. The molecule has 0 unspecified atom stereocenters. The van der Waals surface area contributed by atoms with Gasteiger partial charge in [-0.2, -0.15) is 4.31 Å². The minimum Gasteiger partial charge on any atom is -0.382 e. The molecule has 1 atom stereocenters. The molecule has 0 saturated carbocycles. The smallest absolute Gasteiger partial charge is 0.243 e. The van der Waals surface area contributed by atoms with Crippen molar-refractivity contribution in [2.75, 3.05) is 26.3 Å². The van der Waals surface area contributed by atoms with E-state index >= 15 is 0 Å². The number of benzene rings is 2. The number of sulfonamides is 1. The predicted octanol–water partition coefficient (Wildman–Crippen LogP) is 5.59. The molecule has 11 heteroatoms. The van der Waals surface area contributed by atoms with E-state index in [1.165, 1.54) is 16.1 Å². The van der Waals surface area contributed by atoms with Crippen LogP contribution in [0.15, 0.2) is 40.4 Å². The van der Waals surface area contributed by atoms with Gasteiger partial charge in [-0.25, -0.2) is 26.6 Å². The van der Waals surface area contributed by atoms with E-state index in [4.69, 9.17) is 4.74 Å². The minimum atomic E-state index is -3.65. The molecule has 1 saturated heterocycles. The monoisotopic (exact) mass is 541 g/mol. The van der Waals surface area contributed by atoms with Crippen molar-refractivity contribution in [3.8, 4) is 0 Å². The fourth-order valence-corrected chi connectivity index (χ4v) is 7.01. The first-order chi connectivity index (χ1) is 17.2. The molecule has 0 bridgehead atoms. The van der Waals surface area contributed by atoms with E-state index in [9.17, 15) is 21.6 Å². The normalized spacial score (nSPS) is 17.2. The lowest BCUT2D eigenvalue weighted by Crippen LogP contribution is -2.39. The second-order valence-electron chi connectivity index (χ2n) is 9.00. The van der Waals surface area contributed by atoms with Crippen LogP contribution in [0.3, 0.4) is 0 Å². The van der Waals surface area contributed by atoms with Crippen LogP contribution in [-0.4, -0.2) is 48.6 Å². The summed E-state index contributed by atoms with van der Waals surface area (Å²) >= 11 is 1.18. The molecule has 1 aliphatic heterocycles. The van der Waals surface area contributed by atoms with Crippen molar-refractivity contribution in [2.24, 2.45) is 5.92 Å². The molecule has 4 rings (SSSR count). The first-order valence-corrected chi connectivity index (χ1v) is 14.5. The summed E-state index contributed by atoms with van der Waals surface area (Å²) in [5, 5.41) is 0.534. The van der Waals surface area contributed by atoms with Gasteiger partial charge in [-0.15, -0.1) is 0 Å². The summed E-state index contributed by atoms with van der Waals surface area (Å²) < 4.78 is 76.6. The van der Waals surface area contributed by atoms with Crippen LogP contribution in [0.4, 0.5) is 13.2 Å². The Bertz CT molecular complexity index is 1330. The molecular weight excluding hydrogens is 511 g/mol. The van der Waals surface area contributed by atoms with Gasteiger partial charge in [-0.3, -0.25) is 0 Å². The van der Waals surface area contributed by atoms with E-state index in [-0.39, 0.29) is 16.2 Å². The maximum Gasteiger partial charge on any atom is 0.243 e. The lowest BCUT2D eigenvalue weighted by molar-refractivity contribution is 0.141. The van der Waals surface area contributed by atoms with Crippen molar-refractivity contribution in [3.05, 3.63) is 53.3 Å². The first kappa shape index (κ1) is 27.0. The van der Waals surface area contributed by atoms with Crippen molar-refractivity contribution in [2.45, 2.75) is 55.5 Å². The van der Waals surface area contributed by atoms with Crippen LogP contribution in [0.1, 0.15) is 38.7 Å². The van der Waals surface area contributed by atoms with E-state index in [1.807, 2.05) is 18.4 Å². The summed E-state index contributed by atoms with van der Waals surface area (Å²) in [6.07, 6.45) is 2.53. The molecule has 3 aromatic rings. The van der Waals surface area contributed by atoms with Gasteiger partial charge in [-0.05, 0) is 56.4 Å². The number of halogens is 3. The Hall–Kier alpha value is -2.08. The largest absolute Gasteiger partial charge is 0.382 e. The molecule has 196 valence electrons. The van der Waals surface area contributed by atoms with E-state index < -0.39 is 27.5 Å².